The Labute approximate surface area is 166 Å². The van der Waals surface area contributed by atoms with Crippen molar-refractivity contribution in [2.75, 3.05) is 12.4 Å². The van der Waals surface area contributed by atoms with E-state index in [1.165, 1.54) is 31.4 Å². The molecule has 0 aliphatic carbocycles. The highest BCUT2D eigenvalue weighted by Crippen LogP contribution is 2.31. The summed E-state index contributed by atoms with van der Waals surface area (Å²) in [6.45, 7) is 3.41. The molecule has 1 N–H and O–H groups in total. The van der Waals surface area contributed by atoms with Gasteiger partial charge in [0, 0.05) is 12.1 Å². The lowest BCUT2D eigenvalue weighted by Crippen LogP contribution is -2.50. The number of benzene rings is 2. The first kappa shape index (κ1) is 20.0. The van der Waals surface area contributed by atoms with E-state index in [-0.39, 0.29) is 28.3 Å². The van der Waals surface area contributed by atoms with Gasteiger partial charge in [-0.2, -0.15) is 0 Å². The van der Waals surface area contributed by atoms with Gasteiger partial charge in [0.25, 0.3) is 17.5 Å². The molecule has 9 nitrogen and oxygen atoms in total. The number of fused-ring (bicyclic) bond motifs is 1. The summed E-state index contributed by atoms with van der Waals surface area (Å²) < 4.78 is 5.15. The molecule has 2 aromatic carbocycles. The Kier molecular flexibility index (Phi) is 5.31. The number of hydrogen-bond acceptors (Lipinski definition) is 6. The molecule has 3 rings (SSSR count). The Morgan fingerprint density at radius 1 is 1.10 bits per heavy atom. The van der Waals surface area contributed by atoms with Crippen LogP contribution in [0.3, 0.4) is 0 Å². The number of hydrogen-bond donors (Lipinski definition) is 1. The lowest BCUT2D eigenvalue weighted by atomic mass is 10.0. The normalized spacial score (nSPS) is 14.0. The van der Waals surface area contributed by atoms with E-state index in [0.29, 0.717) is 0 Å². The van der Waals surface area contributed by atoms with E-state index < -0.39 is 34.6 Å². The van der Waals surface area contributed by atoms with Crippen LogP contribution < -0.4 is 10.1 Å². The summed E-state index contributed by atoms with van der Waals surface area (Å²) in [5.41, 5.74) is 0.324. The Morgan fingerprint density at radius 2 is 1.69 bits per heavy atom. The van der Waals surface area contributed by atoms with Gasteiger partial charge in [0.2, 0.25) is 5.91 Å². The van der Waals surface area contributed by atoms with Gasteiger partial charge >= 0.3 is 0 Å². The summed E-state index contributed by atoms with van der Waals surface area (Å²) in [7, 11) is 1.36. The van der Waals surface area contributed by atoms with Crippen molar-refractivity contribution in [3.8, 4) is 5.75 Å². The van der Waals surface area contributed by atoms with Gasteiger partial charge in [-0.15, -0.1) is 0 Å². The molecular weight excluding hydrogens is 378 g/mol. The van der Waals surface area contributed by atoms with Gasteiger partial charge in [-0.05, 0) is 24.1 Å². The third kappa shape index (κ3) is 3.54. The monoisotopic (exact) mass is 397 g/mol. The van der Waals surface area contributed by atoms with E-state index >= 15 is 0 Å². The summed E-state index contributed by atoms with van der Waals surface area (Å²) in [5.74, 6) is -1.93. The number of nitrogens with zero attached hydrogens (tertiary/aromatic N) is 2. The number of ether oxygens (including phenoxy) is 1. The predicted molar refractivity (Wildman–Crippen MR) is 104 cm³/mol. The molecule has 1 aliphatic heterocycles. The molecule has 3 amide bonds. The first-order valence-corrected chi connectivity index (χ1v) is 8.86. The predicted octanol–water partition coefficient (Wildman–Crippen LogP) is 2.86. The van der Waals surface area contributed by atoms with Crippen LogP contribution in [0.25, 0.3) is 0 Å². The van der Waals surface area contributed by atoms with Crippen LogP contribution >= 0.6 is 0 Å². The second-order valence-corrected chi connectivity index (χ2v) is 6.85. The zero-order chi connectivity index (χ0) is 21.3. The van der Waals surface area contributed by atoms with Crippen molar-refractivity contribution in [1.29, 1.82) is 0 Å². The molecule has 9 heteroatoms. The number of anilines is 1. The summed E-state index contributed by atoms with van der Waals surface area (Å²) >= 11 is 0. The SMILES string of the molecule is COc1ccc([N+](=O)[O-])cc1NC(=O)C(C(C)C)N1C(=O)c2ccccc2C1=O. The first-order chi connectivity index (χ1) is 13.8. The number of amides is 3. The number of rotatable bonds is 6. The van der Waals surface area contributed by atoms with Crippen LogP contribution in [0.4, 0.5) is 11.4 Å². The van der Waals surface area contributed by atoms with Crippen LogP contribution in [0.15, 0.2) is 42.5 Å². The molecule has 1 atom stereocenters. The minimum absolute atomic E-state index is 0.0777. The van der Waals surface area contributed by atoms with Gasteiger partial charge in [-0.3, -0.25) is 29.4 Å². The topological polar surface area (TPSA) is 119 Å². The first-order valence-electron chi connectivity index (χ1n) is 8.86. The number of imide groups is 1. The van der Waals surface area contributed by atoms with E-state index in [4.69, 9.17) is 4.74 Å². The van der Waals surface area contributed by atoms with Crippen molar-refractivity contribution in [3.63, 3.8) is 0 Å². The third-order valence-electron chi connectivity index (χ3n) is 4.66. The van der Waals surface area contributed by atoms with Crippen LogP contribution in [0, 0.1) is 16.0 Å². The fraction of sp³-hybridized carbons (Fsp3) is 0.250. The maximum Gasteiger partial charge on any atom is 0.271 e. The van der Waals surface area contributed by atoms with E-state index in [2.05, 4.69) is 5.32 Å². The lowest BCUT2D eigenvalue weighted by molar-refractivity contribution is -0.384. The van der Waals surface area contributed by atoms with E-state index in [9.17, 15) is 24.5 Å². The number of nitro benzene ring substituents is 1. The molecule has 0 fully saturated rings. The Morgan fingerprint density at radius 3 is 2.17 bits per heavy atom. The average molecular weight is 397 g/mol. The van der Waals surface area contributed by atoms with Gasteiger partial charge in [-0.1, -0.05) is 26.0 Å². The molecule has 2 aromatic rings. The Bertz CT molecular complexity index is 982. The van der Waals surface area contributed by atoms with Crippen molar-refractivity contribution in [2.24, 2.45) is 5.92 Å². The van der Waals surface area contributed by atoms with Gasteiger partial charge in [0.1, 0.15) is 11.8 Å². The number of non-ortho nitro benzene ring substituents is 1. The fourth-order valence-corrected chi connectivity index (χ4v) is 3.29. The highest BCUT2D eigenvalue weighted by atomic mass is 16.6. The third-order valence-corrected chi connectivity index (χ3v) is 4.66. The number of carbonyl (C=O) groups is 3. The second kappa shape index (κ2) is 7.70. The van der Waals surface area contributed by atoms with Crippen molar-refractivity contribution < 1.29 is 24.0 Å². The number of carbonyl (C=O) groups excluding carboxylic acids is 3. The highest BCUT2D eigenvalue weighted by molar-refractivity contribution is 6.23. The van der Waals surface area contributed by atoms with Crippen molar-refractivity contribution in [3.05, 3.63) is 63.7 Å². The molecule has 1 aliphatic rings. The van der Waals surface area contributed by atoms with Gasteiger partial charge < -0.3 is 10.1 Å². The lowest BCUT2D eigenvalue weighted by Gasteiger charge is -2.28. The molecule has 0 radical (unpaired) electrons. The minimum Gasteiger partial charge on any atom is -0.495 e. The molecule has 150 valence electrons. The van der Waals surface area contributed by atoms with Crippen LogP contribution in [-0.2, 0) is 4.79 Å². The van der Waals surface area contributed by atoms with Crippen LogP contribution in [-0.4, -0.2) is 40.7 Å². The second-order valence-electron chi connectivity index (χ2n) is 6.85. The number of nitrogens with one attached hydrogen (secondary N) is 1. The molecule has 0 spiro atoms. The van der Waals surface area contributed by atoms with E-state index in [0.717, 1.165) is 11.0 Å². The largest absolute Gasteiger partial charge is 0.495 e. The molecule has 29 heavy (non-hydrogen) atoms. The maximum atomic E-state index is 13.0. The molecule has 0 saturated carbocycles. The quantitative estimate of drug-likeness (QED) is 0.455. The summed E-state index contributed by atoms with van der Waals surface area (Å²) in [5, 5.41) is 13.6. The van der Waals surface area contributed by atoms with E-state index in [1.54, 1.807) is 26.0 Å². The Hall–Kier alpha value is -3.75. The summed E-state index contributed by atoms with van der Waals surface area (Å²) in [6.07, 6.45) is 0. The smallest absolute Gasteiger partial charge is 0.271 e. The number of methoxy groups -OCH3 is 1. The molecule has 0 bridgehead atoms. The van der Waals surface area contributed by atoms with Crippen LogP contribution in [0.5, 0.6) is 5.75 Å². The standard InChI is InChI=1S/C20H19N3O6/c1-11(2)17(22-19(25)13-6-4-5-7-14(13)20(22)26)18(24)21-15-10-12(23(27)28)8-9-16(15)29-3/h4-11,17H,1-3H3,(H,21,24). The highest BCUT2D eigenvalue weighted by Gasteiger charge is 2.44. The summed E-state index contributed by atoms with van der Waals surface area (Å²) in [4.78, 5) is 50.0. The molecule has 0 aromatic heterocycles. The van der Waals surface area contributed by atoms with Gasteiger partial charge in [0.05, 0.1) is 28.8 Å². The van der Waals surface area contributed by atoms with Crippen molar-refractivity contribution in [2.45, 2.75) is 19.9 Å². The van der Waals surface area contributed by atoms with Crippen LogP contribution in [0.1, 0.15) is 34.6 Å². The minimum atomic E-state index is -1.11. The maximum absolute atomic E-state index is 13.0. The molecule has 0 saturated heterocycles. The van der Waals surface area contributed by atoms with Crippen LogP contribution in [0.2, 0.25) is 0 Å². The van der Waals surface area contributed by atoms with E-state index in [1.807, 2.05) is 0 Å². The van der Waals surface area contributed by atoms with Gasteiger partial charge in [-0.25, -0.2) is 0 Å². The van der Waals surface area contributed by atoms with Gasteiger partial charge in [0.15, 0.2) is 0 Å². The molecule has 1 unspecified atom stereocenters. The number of nitro groups is 1. The van der Waals surface area contributed by atoms with Crippen molar-refractivity contribution >= 4 is 29.1 Å². The fourth-order valence-electron chi connectivity index (χ4n) is 3.29. The average Bonchev–Trinajstić information content (AvgIpc) is 2.93. The Balaban J connectivity index is 1.95. The molecule has 1 heterocycles. The molecular formula is C20H19N3O6. The zero-order valence-electron chi connectivity index (χ0n) is 16.0. The van der Waals surface area contributed by atoms with Crippen molar-refractivity contribution in [1.82, 2.24) is 4.90 Å². The zero-order valence-corrected chi connectivity index (χ0v) is 16.0. The summed E-state index contributed by atoms with van der Waals surface area (Å²) in [6, 6.07) is 9.03.